The highest BCUT2D eigenvalue weighted by Crippen LogP contribution is 2.39. The number of fused-ring (bicyclic) bond motifs is 1. The van der Waals surface area contributed by atoms with Gasteiger partial charge in [0.05, 0.1) is 12.4 Å². The molecule has 1 atom stereocenters. The standard InChI is InChI=1S/C17H21N3O2/c1-11-5-6-15-12(7-11)13(8-17(2,3)22-15)19-16(21)14-9-20(4)10-18-14/h5-7,9-10,13H,8H2,1-4H3,(H,19,21)/t13-/m0/s1. The Balaban J connectivity index is 1.90. The lowest BCUT2D eigenvalue weighted by atomic mass is 9.89. The first-order valence-electron chi connectivity index (χ1n) is 7.42. The number of nitrogens with one attached hydrogen (secondary N) is 1. The minimum atomic E-state index is -0.315. The predicted molar refractivity (Wildman–Crippen MR) is 83.9 cm³/mol. The minimum Gasteiger partial charge on any atom is -0.487 e. The highest BCUT2D eigenvalue weighted by Gasteiger charge is 2.34. The fraction of sp³-hybridized carbons (Fsp3) is 0.412. The molecule has 2 heterocycles. The third kappa shape index (κ3) is 2.84. The van der Waals surface area contributed by atoms with Crippen molar-refractivity contribution in [2.75, 3.05) is 0 Å². The van der Waals surface area contributed by atoms with E-state index in [0.29, 0.717) is 5.69 Å². The highest BCUT2D eigenvalue weighted by atomic mass is 16.5. The van der Waals surface area contributed by atoms with E-state index in [2.05, 4.69) is 16.4 Å². The largest absolute Gasteiger partial charge is 0.487 e. The average Bonchev–Trinajstić information content (AvgIpc) is 2.85. The quantitative estimate of drug-likeness (QED) is 0.927. The van der Waals surface area contributed by atoms with Crippen molar-refractivity contribution in [2.45, 2.75) is 38.8 Å². The molecule has 0 radical (unpaired) electrons. The van der Waals surface area contributed by atoms with Crippen molar-refractivity contribution in [3.8, 4) is 5.75 Å². The first-order valence-corrected chi connectivity index (χ1v) is 7.42. The zero-order valence-corrected chi connectivity index (χ0v) is 13.4. The number of rotatable bonds is 2. The molecule has 1 amide bonds. The predicted octanol–water partition coefficient (Wildman–Crippen LogP) is 2.76. The minimum absolute atomic E-state index is 0.0758. The Morgan fingerprint density at radius 2 is 2.23 bits per heavy atom. The van der Waals surface area contributed by atoms with Crippen LogP contribution >= 0.6 is 0 Å². The van der Waals surface area contributed by atoms with E-state index in [1.807, 2.05) is 40.0 Å². The molecule has 1 N–H and O–H groups in total. The Morgan fingerprint density at radius 1 is 1.45 bits per heavy atom. The Kier molecular flexibility index (Phi) is 3.43. The van der Waals surface area contributed by atoms with Crippen LogP contribution in [0.15, 0.2) is 30.7 Å². The van der Waals surface area contributed by atoms with E-state index >= 15 is 0 Å². The second-order valence-electron chi connectivity index (χ2n) is 6.56. The molecule has 0 aliphatic carbocycles. The van der Waals surface area contributed by atoms with Gasteiger partial charge in [-0.25, -0.2) is 4.98 Å². The molecule has 1 aromatic heterocycles. The summed E-state index contributed by atoms with van der Waals surface area (Å²) >= 11 is 0. The van der Waals surface area contributed by atoms with E-state index in [9.17, 15) is 4.79 Å². The molecule has 1 aliphatic heterocycles. The molecule has 0 spiro atoms. The summed E-state index contributed by atoms with van der Waals surface area (Å²) in [5, 5.41) is 3.09. The number of carbonyl (C=O) groups excluding carboxylic acids is 1. The maximum Gasteiger partial charge on any atom is 0.271 e. The smallest absolute Gasteiger partial charge is 0.271 e. The molecule has 5 heteroatoms. The molecule has 0 bridgehead atoms. The van der Waals surface area contributed by atoms with Gasteiger partial charge < -0.3 is 14.6 Å². The van der Waals surface area contributed by atoms with Crippen LogP contribution < -0.4 is 10.1 Å². The molecule has 116 valence electrons. The maximum absolute atomic E-state index is 12.4. The number of aryl methyl sites for hydroxylation is 2. The average molecular weight is 299 g/mol. The van der Waals surface area contributed by atoms with Crippen LogP contribution in [0.5, 0.6) is 5.75 Å². The summed E-state index contributed by atoms with van der Waals surface area (Å²) in [5.41, 5.74) is 2.30. The lowest BCUT2D eigenvalue weighted by Crippen LogP contribution is -2.41. The third-order valence-electron chi connectivity index (χ3n) is 3.87. The maximum atomic E-state index is 12.4. The van der Waals surface area contributed by atoms with Gasteiger partial charge in [-0.2, -0.15) is 0 Å². The fourth-order valence-electron chi connectivity index (χ4n) is 2.87. The van der Waals surface area contributed by atoms with Crippen LogP contribution in [0.2, 0.25) is 0 Å². The van der Waals surface area contributed by atoms with Crippen molar-refractivity contribution in [3.05, 3.63) is 47.5 Å². The van der Waals surface area contributed by atoms with Crippen LogP contribution in [0.4, 0.5) is 0 Å². The van der Waals surface area contributed by atoms with Crippen molar-refractivity contribution >= 4 is 5.91 Å². The first kappa shape index (κ1) is 14.6. The summed E-state index contributed by atoms with van der Waals surface area (Å²) in [7, 11) is 1.85. The molecule has 0 saturated carbocycles. The van der Waals surface area contributed by atoms with Gasteiger partial charge in [-0.05, 0) is 26.8 Å². The van der Waals surface area contributed by atoms with Crippen LogP contribution in [0.25, 0.3) is 0 Å². The summed E-state index contributed by atoms with van der Waals surface area (Å²) < 4.78 is 7.79. The van der Waals surface area contributed by atoms with E-state index < -0.39 is 0 Å². The van der Waals surface area contributed by atoms with Crippen LogP contribution in [0.3, 0.4) is 0 Å². The van der Waals surface area contributed by atoms with Crippen LogP contribution in [-0.2, 0) is 7.05 Å². The molecule has 0 fully saturated rings. The Bertz CT molecular complexity index is 718. The van der Waals surface area contributed by atoms with Gasteiger partial charge in [-0.3, -0.25) is 4.79 Å². The highest BCUT2D eigenvalue weighted by molar-refractivity contribution is 5.92. The molecule has 2 aromatic rings. The Labute approximate surface area is 130 Å². The number of hydrogen-bond acceptors (Lipinski definition) is 3. The zero-order chi connectivity index (χ0) is 15.9. The number of amides is 1. The summed E-state index contributed by atoms with van der Waals surface area (Å²) in [6, 6.07) is 6.00. The van der Waals surface area contributed by atoms with Gasteiger partial charge in [-0.15, -0.1) is 0 Å². The first-order chi connectivity index (χ1) is 10.3. The zero-order valence-electron chi connectivity index (χ0n) is 13.4. The van der Waals surface area contributed by atoms with E-state index in [0.717, 1.165) is 23.3 Å². The number of nitrogens with zero attached hydrogens (tertiary/aromatic N) is 2. The van der Waals surface area contributed by atoms with Crippen molar-refractivity contribution < 1.29 is 9.53 Å². The summed E-state index contributed by atoms with van der Waals surface area (Å²) in [4.78, 5) is 16.5. The van der Waals surface area contributed by atoms with Crippen molar-refractivity contribution in [3.63, 3.8) is 0 Å². The number of benzene rings is 1. The number of ether oxygens (including phenoxy) is 1. The van der Waals surface area contributed by atoms with Crippen molar-refractivity contribution in [1.29, 1.82) is 0 Å². The summed E-state index contributed by atoms with van der Waals surface area (Å²) in [6.45, 7) is 6.11. The van der Waals surface area contributed by atoms with Gasteiger partial charge in [0.1, 0.15) is 17.0 Å². The number of imidazole rings is 1. The second kappa shape index (κ2) is 5.16. The van der Waals surface area contributed by atoms with Crippen LogP contribution in [0.1, 0.15) is 47.9 Å². The van der Waals surface area contributed by atoms with Gasteiger partial charge in [0.25, 0.3) is 5.91 Å². The number of hydrogen-bond donors (Lipinski definition) is 1. The summed E-state index contributed by atoms with van der Waals surface area (Å²) in [5.74, 6) is 0.684. The summed E-state index contributed by atoms with van der Waals surface area (Å²) in [6.07, 6.45) is 4.07. The molecule has 3 rings (SSSR count). The van der Waals surface area contributed by atoms with Gasteiger partial charge in [0, 0.05) is 25.2 Å². The molecule has 0 unspecified atom stereocenters. The topological polar surface area (TPSA) is 56.2 Å². The molecule has 22 heavy (non-hydrogen) atoms. The molecule has 1 aromatic carbocycles. The fourth-order valence-corrected chi connectivity index (χ4v) is 2.87. The molecular weight excluding hydrogens is 278 g/mol. The van der Waals surface area contributed by atoms with Gasteiger partial charge in [-0.1, -0.05) is 17.7 Å². The Hall–Kier alpha value is -2.30. The van der Waals surface area contributed by atoms with Gasteiger partial charge in [0.2, 0.25) is 0 Å². The van der Waals surface area contributed by atoms with E-state index in [1.54, 1.807) is 17.1 Å². The van der Waals surface area contributed by atoms with Crippen LogP contribution in [0, 0.1) is 6.92 Å². The van der Waals surface area contributed by atoms with Gasteiger partial charge >= 0.3 is 0 Å². The Morgan fingerprint density at radius 3 is 2.91 bits per heavy atom. The normalized spacial score (nSPS) is 19.2. The van der Waals surface area contributed by atoms with Crippen molar-refractivity contribution in [1.82, 2.24) is 14.9 Å². The molecular formula is C17H21N3O2. The van der Waals surface area contributed by atoms with E-state index in [-0.39, 0.29) is 17.6 Å². The molecule has 1 aliphatic rings. The number of carbonyl (C=O) groups is 1. The third-order valence-corrected chi connectivity index (χ3v) is 3.87. The van der Waals surface area contributed by atoms with Crippen molar-refractivity contribution in [2.24, 2.45) is 7.05 Å². The second-order valence-corrected chi connectivity index (χ2v) is 6.56. The molecule has 0 saturated heterocycles. The van der Waals surface area contributed by atoms with E-state index in [1.165, 1.54) is 0 Å². The lowest BCUT2D eigenvalue weighted by Gasteiger charge is -2.38. The molecule has 5 nitrogen and oxygen atoms in total. The number of aromatic nitrogens is 2. The lowest BCUT2D eigenvalue weighted by molar-refractivity contribution is 0.0618. The SMILES string of the molecule is Cc1ccc2c(c1)[C@@H](NC(=O)c1cn(C)cn1)CC(C)(C)O2. The monoisotopic (exact) mass is 299 g/mol. The van der Waals surface area contributed by atoms with Gasteiger partial charge in [0.15, 0.2) is 0 Å². The van der Waals surface area contributed by atoms with E-state index in [4.69, 9.17) is 4.74 Å². The van der Waals surface area contributed by atoms with Crippen LogP contribution in [-0.4, -0.2) is 21.1 Å².